The van der Waals surface area contributed by atoms with Gasteiger partial charge in [-0.3, -0.25) is 5.43 Å². The second-order valence-corrected chi connectivity index (χ2v) is 6.19. The first-order valence-corrected chi connectivity index (χ1v) is 8.29. The second-order valence-electron chi connectivity index (χ2n) is 5.78. The van der Waals surface area contributed by atoms with E-state index in [9.17, 15) is 0 Å². The summed E-state index contributed by atoms with van der Waals surface area (Å²) in [5, 5.41) is 8.27. The Hall–Kier alpha value is -1.50. The van der Waals surface area contributed by atoms with Crippen LogP contribution in [0, 0.1) is 0 Å². The van der Waals surface area contributed by atoms with Crippen LogP contribution >= 0.6 is 12.2 Å². The maximum atomic E-state index is 5.35. The largest absolute Gasteiger partial charge is 0.370 e. The molecule has 0 bridgehead atoms. The van der Waals surface area contributed by atoms with Crippen LogP contribution in [0.5, 0.6) is 0 Å². The molecule has 1 heterocycles. The van der Waals surface area contributed by atoms with E-state index in [1.54, 1.807) is 4.90 Å². The average molecular weight is 319 g/mol. The van der Waals surface area contributed by atoms with E-state index in [0.717, 1.165) is 57.9 Å². The summed E-state index contributed by atoms with van der Waals surface area (Å²) in [6, 6.07) is 8.49. The molecule has 6 heteroatoms. The summed E-state index contributed by atoms with van der Waals surface area (Å²) in [5.41, 5.74) is 6.86. The fraction of sp³-hybridized carbons (Fsp3) is 0.500. The van der Waals surface area contributed by atoms with E-state index in [4.69, 9.17) is 17.0 Å². The van der Waals surface area contributed by atoms with Gasteiger partial charge in [0.1, 0.15) is 13.1 Å². The minimum atomic E-state index is 0.608. The zero-order chi connectivity index (χ0) is 15.2. The summed E-state index contributed by atoms with van der Waals surface area (Å²) in [7, 11) is 0. The number of ether oxygens (including phenoxy) is 1. The number of nitrogens with one attached hydrogen (secondary N) is 3. The van der Waals surface area contributed by atoms with Gasteiger partial charge in [-0.2, -0.15) is 5.10 Å². The third-order valence-corrected chi connectivity index (χ3v) is 4.42. The number of morpholine rings is 1. The van der Waals surface area contributed by atoms with E-state index in [-0.39, 0.29) is 0 Å². The Balaban J connectivity index is 1.37. The van der Waals surface area contributed by atoms with Crippen LogP contribution in [0.2, 0.25) is 0 Å². The monoisotopic (exact) mass is 319 g/mol. The summed E-state index contributed by atoms with van der Waals surface area (Å²) in [6.07, 6.45) is 1.84. The summed E-state index contributed by atoms with van der Waals surface area (Å²) in [6.45, 7) is 5.84. The van der Waals surface area contributed by atoms with Gasteiger partial charge in [-0.05, 0) is 23.3 Å². The lowest BCUT2D eigenvalue weighted by atomic mass is 10.1. The van der Waals surface area contributed by atoms with Gasteiger partial charge in [0.05, 0.1) is 26.3 Å². The van der Waals surface area contributed by atoms with E-state index in [1.807, 2.05) is 0 Å². The van der Waals surface area contributed by atoms with E-state index in [0.29, 0.717) is 5.11 Å². The molecule has 1 aliphatic carbocycles. The molecule has 0 saturated carbocycles. The highest BCUT2D eigenvalue weighted by Crippen LogP contribution is 2.19. The van der Waals surface area contributed by atoms with Crippen LogP contribution in [0.15, 0.2) is 29.4 Å². The first-order chi connectivity index (χ1) is 10.8. The highest BCUT2D eigenvalue weighted by atomic mass is 32.1. The molecule has 5 nitrogen and oxygen atoms in total. The second kappa shape index (κ2) is 7.67. The van der Waals surface area contributed by atoms with Gasteiger partial charge in [0.25, 0.3) is 0 Å². The van der Waals surface area contributed by atoms with Gasteiger partial charge in [0.2, 0.25) is 0 Å². The number of fused-ring (bicyclic) bond motifs is 1. The Morgan fingerprint density at radius 3 is 2.55 bits per heavy atom. The molecule has 22 heavy (non-hydrogen) atoms. The number of rotatable bonds is 4. The summed E-state index contributed by atoms with van der Waals surface area (Å²) >= 11 is 5.28. The number of hydrogen-bond acceptors (Lipinski definition) is 3. The van der Waals surface area contributed by atoms with Crippen molar-refractivity contribution in [3.05, 3.63) is 35.4 Å². The molecule has 1 aliphatic heterocycles. The minimum Gasteiger partial charge on any atom is -0.370 e. The van der Waals surface area contributed by atoms with E-state index in [1.165, 1.54) is 11.1 Å². The summed E-state index contributed by atoms with van der Waals surface area (Å²) < 4.78 is 5.35. The van der Waals surface area contributed by atoms with Gasteiger partial charge in [-0.15, -0.1) is 0 Å². The molecule has 3 rings (SSSR count). The lowest BCUT2D eigenvalue weighted by Gasteiger charge is -2.23. The van der Waals surface area contributed by atoms with Crippen LogP contribution in [-0.2, 0) is 17.6 Å². The zero-order valence-electron chi connectivity index (χ0n) is 12.7. The normalized spacial score (nSPS) is 17.9. The number of thiocarbonyl (C=S) groups is 1. The number of hydrogen-bond donors (Lipinski definition) is 3. The van der Waals surface area contributed by atoms with Gasteiger partial charge in [-0.25, -0.2) is 0 Å². The lowest BCUT2D eigenvalue weighted by Crippen LogP contribution is -3.14. The van der Waals surface area contributed by atoms with Gasteiger partial charge in [0, 0.05) is 18.6 Å². The molecule has 1 saturated heterocycles. The van der Waals surface area contributed by atoms with Crippen molar-refractivity contribution in [3.8, 4) is 0 Å². The first kappa shape index (κ1) is 15.4. The highest BCUT2D eigenvalue weighted by molar-refractivity contribution is 7.80. The molecule has 1 fully saturated rings. The number of quaternary nitrogens is 1. The van der Waals surface area contributed by atoms with Gasteiger partial charge >= 0.3 is 0 Å². The van der Waals surface area contributed by atoms with Gasteiger partial charge in [0.15, 0.2) is 5.11 Å². The van der Waals surface area contributed by atoms with Crippen molar-refractivity contribution in [1.29, 1.82) is 0 Å². The molecule has 1 aromatic carbocycles. The molecule has 0 unspecified atom stereocenters. The molecule has 3 N–H and O–H groups in total. The molecule has 0 radical (unpaired) electrons. The standard InChI is InChI=1S/C16H22N4OS/c22-16(17-5-6-20-7-9-21-10-8-20)19-18-15-11-13-3-1-2-4-14(13)12-15/h1-4H,5-12H2,(H2,17,19,22)/p+1. The van der Waals surface area contributed by atoms with Crippen LogP contribution < -0.4 is 15.6 Å². The first-order valence-electron chi connectivity index (χ1n) is 7.88. The van der Waals surface area contributed by atoms with Crippen molar-refractivity contribution in [2.75, 3.05) is 39.4 Å². The molecule has 0 spiro atoms. The Morgan fingerprint density at radius 2 is 1.86 bits per heavy atom. The van der Waals surface area contributed by atoms with Crippen molar-refractivity contribution in [3.63, 3.8) is 0 Å². The van der Waals surface area contributed by atoms with Crippen LogP contribution in [0.3, 0.4) is 0 Å². The topological polar surface area (TPSA) is 50.1 Å². The molecule has 0 atom stereocenters. The SMILES string of the molecule is S=C(NCC[NH+]1CCOCC1)NN=C1Cc2ccccc2C1. The Kier molecular flexibility index (Phi) is 5.37. The molecular formula is C16H23N4OS+. The lowest BCUT2D eigenvalue weighted by molar-refractivity contribution is -0.906. The Labute approximate surface area is 136 Å². The van der Waals surface area contributed by atoms with Crippen molar-refractivity contribution in [1.82, 2.24) is 10.7 Å². The van der Waals surface area contributed by atoms with Crippen LogP contribution in [0.1, 0.15) is 11.1 Å². The third kappa shape index (κ3) is 4.25. The van der Waals surface area contributed by atoms with E-state index >= 15 is 0 Å². The molecule has 0 aromatic heterocycles. The van der Waals surface area contributed by atoms with Crippen LogP contribution in [0.4, 0.5) is 0 Å². The summed E-state index contributed by atoms with van der Waals surface area (Å²) in [5.74, 6) is 0. The molecule has 0 amide bonds. The number of benzene rings is 1. The number of nitrogens with zero attached hydrogens (tertiary/aromatic N) is 1. The fourth-order valence-corrected chi connectivity index (χ4v) is 3.06. The van der Waals surface area contributed by atoms with Crippen molar-refractivity contribution in [2.24, 2.45) is 5.10 Å². The minimum absolute atomic E-state index is 0.608. The Bertz CT molecular complexity index is 528. The number of hydrazone groups is 1. The van der Waals surface area contributed by atoms with Crippen LogP contribution in [-0.4, -0.2) is 50.2 Å². The maximum Gasteiger partial charge on any atom is 0.187 e. The maximum absolute atomic E-state index is 5.35. The average Bonchev–Trinajstić information content (AvgIpc) is 2.97. The van der Waals surface area contributed by atoms with Gasteiger partial charge in [-0.1, -0.05) is 24.3 Å². The van der Waals surface area contributed by atoms with Crippen molar-refractivity contribution in [2.45, 2.75) is 12.8 Å². The van der Waals surface area contributed by atoms with Crippen molar-refractivity contribution < 1.29 is 9.64 Å². The predicted octanol–water partition coefficient (Wildman–Crippen LogP) is -0.480. The zero-order valence-corrected chi connectivity index (χ0v) is 13.5. The summed E-state index contributed by atoms with van der Waals surface area (Å²) in [4.78, 5) is 1.57. The fourth-order valence-electron chi connectivity index (χ4n) is 2.92. The van der Waals surface area contributed by atoms with Crippen molar-refractivity contribution >= 4 is 23.0 Å². The van der Waals surface area contributed by atoms with E-state index < -0.39 is 0 Å². The van der Waals surface area contributed by atoms with Gasteiger partial charge < -0.3 is 15.0 Å². The quantitative estimate of drug-likeness (QED) is 0.518. The molecular weight excluding hydrogens is 296 g/mol. The highest BCUT2D eigenvalue weighted by Gasteiger charge is 2.16. The molecule has 1 aromatic rings. The Morgan fingerprint density at radius 1 is 1.18 bits per heavy atom. The third-order valence-electron chi connectivity index (χ3n) is 4.19. The molecule has 2 aliphatic rings. The van der Waals surface area contributed by atoms with E-state index in [2.05, 4.69) is 40.1 Å². The predicted molar refractivity (Wildman–Crippen MR) is 91.4 cm³/mol. The smallest absolute Gasteiger partial charge is 0.187 e. The molecule has 118 valence electrons. The van der Waals surface area contributed by atoms with Crippen LogP contribution in [0.25, 0.3) is 0 Å².